The molecule has 0 aliphatic heterocycles. The van der Waals surface area contributed by atoms with Crippen LogP contribution in [0.5, 0.6) is 0 Å². The molecule has 1 heterocycles. The molecule has 0 aliphatic rings. The maximum Gasteiger partial charge on any atom is 0.0478 e. The number of hydrogen-bond acceptors (Lipinski definition) is 1. The lowest BCUT2D eigenvalue weighted by molar-refractivity contribution is 0.969. The highest BCUT2D eigenvalue weighted by Crippen LogP contribution is 2.25. The van der Waals surface area contributed by atoms with Gasteiger partial charge in [-0.05, 0) is 41.5 Å². The van der Waals surface area contributed by atoms with Crippen molar-refractivity contribution in [3.05, 3.63) is 54.7 Å². The van der Waals surface area contributed by atoms with Gasteiger partial charge in [0.25, 0.3) is 0 Å². The minimum absolute atomic E-state index is 1.14. The van der Waals surface area contributed by atoms with Crippen molar-refractivity contribution in [3.63, 3.8) is 0 Å². The van der Waals surface area contributed by atoms with Crippen LogP contribution < -0.4 is 5.32 Å². The van der Waals surface area contributed by atoms with Crippen LogP contribution in [0.25, 0.3) is 22.0 Å². The summed E-state index contributed by atoms with van der Waals surface area (Å²) in [6.45, 7) is 0. The van der Waals surface area contributed by atoms with Crippen LogP contribution in [0.3, 0.4) is 0 Å². The molecule has 0 amide bonds. The summed E-state index contributed by atoms with van der Waals surface area (Å²) in [5.74, 6) is 0. The lowest BCUT2D eigenvalue weighted by atomic mass is 10.0. The summed E-state index contributed by atoms with van der Waals surface area (Å²) in [5, 5.41) is 4.42. The van der Waals surface area contributed by atoms with Crippen LogP contribution in [0.4, 0.5) is 5.69 Å². The van der Waals surface area contributed by atoms with Crippen LogP contribution in [-0.4, -0.2) is 11.6 Å². The summed E-state index contributed by atoms with van der Waals surface area (Å²) >= 11 is 0. The molecule has 0 radical (unpaired) electrons. The molecule has 90 valence electrons. The van der Waals surface area contributed by atoms with E-state index in [1.165, 1.54) is 22.0 Å². The van der Waals surface area contributed by atoms with Crippen LogP contribution >= 0.6 is 0 Å². The lowest BCUT2D eigenvalue weighted by Crippen LogP contribution is -1.87. The first-order valence-corrected chi connectivity index (χ1v) is 6.11. The van der Waals surface area contributed by atoms with Crippen molar-refractivity contribution >= 4 is 16.6 Å². The van der Waals surface area contributed by atoms with Gasteiger partial charge in [0, 0.05) is 36.9 Å². The fraction of sp³-hybridized carbons (Fsp3) is 0.125. The van der Waals surface area contributed by atoms with Crippen LogP contribution in [0.15, 0.2) is 54.7 Å². The van der Waals surface area contributed by atoms with Crippen LogP contribution in [-0.2, 0) is 7.05 Å². The van der Waals surface area contributed by atoms with Crippen LogP contribution in [0, 0.1) is 0 Å². The molecule has 1 aromatic heterocycles. The van der Waals surface area contributed by atoms with Gasteiger partial charge in [-0.25, -0.2) is 0 Å². The SMILES string of the molecule is CNc1ccc(-c2ccc3c(ccn3C)c2)cc1. The second-order valence-corrected chi connectivity index (χ2v) is 4.53. The predicted molar refractivity (Wildman–Crippen MR) is 77.9 cm³/mol. The maximum absolute atomic E-state index is 3.14. The molecule has 0 unspecified atom stereocenters. The Morgan fingerprint density at radius 1 is 0.889 bits per heavy atom. The summed E-state index contributed by atoms with van der Waals surface area (Å²) in [4.78, 5) is 0. The molecule has 2 heteroatoms. The zero-order valence-electron chi connectivity index (χ0n) is 10.6. The number of nitrogens with zero attached hydrogens (tertiary/aromatic N) is 1. The normalized spacial score (nSPS) is 10.8. The fourth-order valence-electron chi connectivity index (χ4n) is 2.29. The van der Waals surface area contributed by atoms with Gasteiger partial charge in [0.15, 0.2) is 0 Å². The summed E-state index contributed by atoms with van der Waals surface area (Å²) in [6, 6.07) is 17.2. The van der Waals surface area contributed by atoms with Gasteiger partial charge in [-0.15, -0.1) is 0 Å². The summed E-state index contributed by atoms with van der Waals surface area (Å²) in [7, 11) is 4.01. The molecule has 3 aromatic rings. The van der Waals surface area contributed by atoms with Crippen molar-refractivity contribution < 1.29 is 0 Å². The van der Waals surface area contributed by atoms with E-state index in [0.717, 1.165) is 5.69 Å². The number of rotatable bonds is 2. The Morgan fingerprint density at radius 2 is 1.61 bits per heavy atom. The number of aromatic nitrogens is 1. The van der Waals surface area contributed by atoms with Crippen molar-refractivity contribution in [2.75, 3.05) is 12.4 Å². The largest absolute Gasteiger partial charge is 0.388 e. The first-order valence-electron chi connectivity index (χ1n) is 6.11. The molecule has 0 bridgehead atoms. The molecule has 2 nitrogen and oxygen atoms in total. The standard InChI is InChI=1S/C16H16N2/c1-17-15-6-3-12(4-7-15)13-5-8-16-14(11-13)9-10-18(16)2/h3-11,17H,1-2H3. The summed E-state index contributed by atoms with van der Waals surface area (Å²) in [6.07, 6.45) is 2.10. The summed E-state index contributed by atoms with van der Waals surface area (Å²) < 4.78 is 2.14. The molecule has 1 N–H and O–H groups in total. The highest BCUT2D eigenvalue weighted by molar-refractivity contribution is 5.85. The van der Waals surface area contributed by atoms with Crippen LogP contribution in [0.1, 0.15) is 0 Å². The molecule has 2 aromatic carbocycles. The monoisotopic (exact) mass is 236 g/mol. The number of benzene rings is 2. The van der Waals surface area contributed by atoms with E-state index in [4.69, 9.17) is 0 Å². The fourth-order valence-corrected chi connectivity index (χ4v) is 2.29. The molecular formula is C16H16N2. The highest BCUT2D eigenvalue weighted by atomic mass is 14.9. The van der Waals surface area contributed by atoms with Gasteiger partial charge in [-0.1, -0.05) is 18.2 Å². The molecule has 18 heavy (non-hydrogen) atoms. The van der Waals surface area contributed by atoms with Crippen molar-refractivity contribution in [3.8, 4) is 11.1 Å². The van der Waals surface area contributed by atoms with Crippen molar-refractivity contribution in [1.29, 1.82) is 0 Å². The van der Waals surface area contributed by atoms with Crippen molar-refractivity contribution in [2.24, 2.45) is 7.05 Å². The summed E-state index contributed by atoms with van der Waals surface area (Å²) in [5.41, 5.74) is 4.92. The Kier molecular flexibility index (Phi) is 2.56. The molecule has 0 aliphatic carbocycles. The molecule has 3 rings (SSSR count). The van der Waals surface area contributed by atoms with E-state index in [2.05, 4.69) is 71.7 Å². The van der Waals surface area contributed by atoms with Gasteiger partial charge in [0.05, 0.1) is 0 Å². The Labute approximate surface area is 107 Å². The topological polar surface area (TPSA) is 17.0 Å². The highest BCUT2D eigenvalue weighted by Gasteiger charge is 2.02. The minimum Gasteiger partial charge on any atom is -0.388 e. The van der Waals surface area contributed by atoms with Crippen LogP contribution in [0.2, 0.25) is 0 Å². The Morgan fingerprint density at radius 3 is 2.33 bits per heavy atom. The quantitative estimate of drug-likeness (QED) is 0.714. The van der Waals surface area contributed by atoms with E-state index in [1.807, 2.05) is 7.05 Å². The Balaban J connectivity index is 2.07. The maximum atomic E-state index is 3.14. The number of nitrogens with one attached hydrogen (secondary N) is 1. The Bertz CT molecular complexity index is 678. The second kappa shape index (κ2) is 4.22. The zero-order valence-corrected chi connectivity index (χ0v) is 10.6. The third-order valence-corrected chi connectivity index (χ3v) is 3.39. The average Bonchev–Trinajstić information content (AvgIpc) is 2.80. The van der Waals surface area contributed by atoms with Crippen molar-refractivity contribution in [2.45, 2.75) is 0 Å². The number of anilines is 1. The van der Waals surface area contributed by atoms with Crippen molar-refractivity contribution in [1.82, 2.24) is 4.57 Å². The van der Waals surface area contributed by atoms with E-state index < -0.39 is 0 Å². The van der Waals surface area contributed by atoms with Gasteiger partial charge in [0.2, 0.25) is 0 Å². The molecule has 0 spiro atoms. The van der Waals surface area contributed by atoms with Gasteiger partial charge in [-0.3, -0.25) is 0 Å². The Hall–Kier alpha value is -2.22. The number of hydrogen-bond donors (Lipinski definition) is 1. The van der Waals surface area contributed by atoms with E-state index in [9.17, 15) is 0 Å². The van der Waals surface area contributed by atoms with E-state index in [-0.39, 0.29) is 0 Å². The van der Waals surface area contributed by atoms with E-state index in [0.29, 0.717) is 0 Å². The number of aryl methyl sites for hydroxylation is 1. The van der Waals surface area contributed by atoms with Gasteiger partial charge in [0.1, 0.15) is 0 Å². The lowest BCUT2D eigenvalue weighted by Gasteiger charge is -2.05. The van der Waals surface area contributed by atoms with Gasteiger partial charge < -0.3 is 9.88 Å². The van der Waals surface area contributed by atoms with Gasteiger partial charge >= 0.3 is 0 Å². The molecule has 0 saturated carbocycles. The molecular weight excluding hydrogens is 220 g/mol. The molecule has 0 fully saturated rings. The third-order valence-electron chi connectivity index (χ3n) is 3.39. The van der Waals surface area contributed by atoms with E-state index >= 15 is 0 Å². The first kappa shape index (κ1) is 10.9. The molecule has 0 saturated heterocycles. The van der Waals surface area contributed by atoms with E-state index in [1.54, 1.807) is 0 Å². The average molecular weight is 236 g/mol. The minimum atomic E-state index is 1.14. The van der Waals surface area contributed by atoms with Gasteiger partial charge in [-0.2, -0.15) is 0 Å². The number of fused-ring (bicyclic) bond motifs is 1. The third kappa shape index (κ3) is 1.76. The first-order chi connectivity index (χ1) is 8.78. The zero-order chi connectivity index (χ0) is 12.5. The predicted octanol–water partition coefficient (Wildman–Crippen LogP) is 3.89. The second-order valence-electron chi connectivity index (χ2n) is 4.53. The molecule has 0 atom stereocenters. The smallest absolute Gasteiger partial charge is 0.0478 e.